The van der Waals surface area contributed by atoms with Crippen LogP contribution in [0.2, 0.25) is 0 Å². The van der Waals surface area contributed by atoms with E-state index in [1.165, 1.54) is 0 Å². The third kappa shape index (κ3) is 3.62. The summed E-state index contributed by atoms with van der Waals surface area (Å²) in [6.07, 6.45) is 4.26. The summed E-state index contributed by atoms with van der Waals surface area (Å²) in [6, 6.07) is 24.6. The van der Waals surface area contributed by atoms with E-state index in [1.807, 2.05) is 48.5 Å². The molecule has 0 radical (unpaired) electrons. The Morgan fingerprint density at radius 3 is 1.90 bits per heavy atom. The van der Waals surface area contributed by atoms with Crippen LogP contribution in [0.4, 0.5) is 0 Å². The van der Waals surface area contributed by atoms with Gasteiger partial charge in [0.05, 0.1) is 14.2 Å². The maximum Gasteiger partial charge on any atom is 0.178 e. The molecule has 0 fully saturated rings. The van der Waals surface area contributed by atoms with Gasteiger partial charge in [0.1, 0.15) is 22.8 Å². The van der Waals surface area contributed by atoms with Crippen LogP contribution in [0.15, 0.2) is 78.9 Å². The molecule has 1 unspecified atom stereocenters. The first-order valence-electron chi connectivity index (χ1n) is 13.4. The molecule has 4 nitrogen and oxygen atoms in total. The number of ether oxygens (including phenoxy) is 3. The van der Waals surface area contributed by atoms with Crippen molar-refractivity contribution >= 4 is 6.08 Å². The Labute approximate surface area is 230 Å². The molecule has 1 aliphatic carbocycles. The average molecular weight is 519 g/mol. The van der Waals surface area contributed by atoms with Gasteiger partial charge in [-0.1, -0.05) is 68.0 Å². The molecule has 39 heavy (non-hydrogen) atoms. The van der Waals surface area contributed by atoms with Crippen molar-refractivity contribution in [2.45, 2.75) is 38.9 Å². The minimum atomic E-state index is -1.12. The van der Waals surface area contributed by atoms with E-state index in [1.54, 1.807) is 14.2 Å². The fourth-order valence-corrected chi connectivity index (χ4v) is 6.24. The van der Waals surface area contributed by atoms with Crippen LogP contribution in [0.3, 0.4) is 0 Å². The highest BCUT2D eigenvalue weighted by Crippen LogP contribution is 2.57. The van der Waals surface area contributed by atoms with E-state index in [-0.39, 0.29) is 5.92 Å². The summed E-state index contributed by atoms with van der Waals surface area (Å²) in [6.45, 7) is 8.33. The summed E-state index contributed by atoms with van der Waals surface area (Å²) in [5.41, 5.74) is 7.12. The molecule has 4 aromatic carbocycles. The van der Waals surface area contributed by atoms with Crippen molar-refractivity contribution in [2.24, 2.45) is 5.92 Å². The second kappa shape index (κ2) is 9.03. The summed E-state index contributed by atoms with van der Waals surface area (Å²) in [5, 5.41) is 12.4. The first-order chi connectivity index (χ1) is 18.7. The number of rotatable bonds is 5. The minimum Gasteiger partial charge on any atom is -0.497 e. The van der Waals surface area contributed by atoms with Crippen LogP contribution in [-0.4, -0.2) is 19.3 Å². The average Bonchev–Trinajstić information content (AvgIpc) is 3.21. The highest BCUT2D eigenvalue weighted by molar-refractivity contribution is 5.88. The van der Waals surface area contributed by atoms with Gasteiger partial charge in [-0.15, -0.1) is 0 Å². The van der Waals surface area contributed by atoms with Crippen LogP contribution in [0, 0.1) is 19.8 Å². The largest absolute Gasteiger partial charge is 0.497 e. The van der Waals surface area contributed by atoms with Crippen molar-refractivity contribution in [1.29, 1.82) is 0 Å². The Morgan fingerprint density at radius 2 is 1.36 bits per heavy atom. The Morgan fingerprint density at radius 1 is 0.769 bits per heavy atom. The molecule has 1 aliphatic heterocycles. The van der Waals surface area contributed by atoms with E-state index in [9.17, 15) is 5.11 Å². The number of methoxy groups -OCH3 is 2. The van der Waals surface area contributed by atoms with Crippen LogP contribution >= 0.6 is 0 Å². The zero-order valence-electron chi connectivity index (χ0n) is 23.3. The molecule has 6 rings (SSSR count). The Balaban J connectivity index is 1.59. The van der Waals surface area contributed by atoms with Gasteiger partial charge in [-0.3, -0.25) is 0 Å². The Kier molecular flexibility index (Phi) is 5.85. The van der Waals surface area contributed by atoms with Gasteiger partial charge in [-0.05, 0) is 78.4 Å². The molecule has 2 aliphatic rings. The maximum atomic E-state index is 12.4. The van der Waals surface area contributed by atoms with Gasteiger partial charge in [0.2, 0.25) is 0 Å². The molecule has 0 aromatic heterocycles. The fraction of sp³-hybridized carbons (Fsp3) is 0.257. The van der Waals surface area contributed by atoms with Gasteiger partial charge in [-0.2, -0.15) is 0 Å². The predicted octanol–water partition coefficient (Wildman–Crippen LogP) is 7.54. The van der Waals surface area contributed by atoms with Gasteiger partial charge in [-0.25, -0.2) is 0 Å². The van der Waals surface area contributed by atoms with Crippen LogP contribution in [0.5, 0.6) is 17.2 Å². The van der Waals surface area contributed by atoms with E-state index >= 15 is 0 Å². The zero-order chi connectivity index (χ0) is 27.5. The molecule has 4 aromatic rings. The van der Waals surface area contributed by atoms with Crippen molar-refractivity contribution in [2.75, 3.05) is 14.2 Å². The number of fused-ring (bicyclic) bond motifs is 5. The van der Waals surface area contributed by atoms with E-state index in [4.69, 9.17) is 14.2 Å². The predicted molar refractivity (Wildman–Crippen MR) is 156 cm³/mol. The second-order valence-corrected chi connectivity index (χ2v) is 11.0. The van der Waals surface area contributed by atoms with Crippen LogP contribution in [0.1, 0.15) is 52.8 Å². The second-order valence-electron chi connectivity index (χ2n) is 11.0. The van der Waals surface area contributed by atoms with E-state index in [0.29, 0.717) is 0 Å². The van der Waals surface area contributed by atoms with Crippen molar-refractivity contribution in [1.82, 2.24) is 0 Å². The molecule has 1 heterocycles. The molecular weight excluding hydrogens is 484 g/mol. The normalized spacial score (nSPS) is 18.3. The first-order valence-corrected chi connectivity index (χ1v) is 13.4. The Bertz CT molecular complexity index is 1550. The summed E-state index contributed by atoms with van der Waals surface area (Å²) in [7, 11) is 3.33. The summed E-state index contributed by atoms with van der Waals surface area (Å²) >= 11 is 0. The van der Waals surface area contributed by atoms with Crippen molar-refractivity contribution in [3.8, 4) is 28.4 Å². The smallest absolute Gasteiger partial charge is 0.178 e. The van der Waals surface area contributed by atoms with Gasteiger partial charge in [0.15, 0.2) is 5.60 Å². The molecule has 1 N–H and O–H groups in total. The van der Waals surface area contributed by atoms with E-state index < -0.39 is 11.2 Å². The lowest BCUT2D eigenvalue weighted by Gasteiger charge is -2.39. The van der Waals surface area contributed by atoms with Crippen molar-refractivity contribution in [3.63, 3.8) is 0 Å². The number of hydrogen-bond acceptors (Lipinski definition) is 4. The lowest BCUT2D eigenvalue weighted by atomic mass is 9.77. The monoisotopic (exact) mass is 518 g/mol. The molecule has 0 amide bonds. The molecule has 0 bridgehead atoms. The number of hydrogen-bond donors (Lipinski definition) is 1. The van der Waals surface area contributed by atoms with Gasteiger partial charge in [0.25, 0.3) is 0 Å². The highest BCUT2D eigenvalue weighted by atomic mass is 16.5. The quantitative estimate of drug-likeness (QED) is 0.296. The zero-order valence-corrected chi connectivity index (χ0v) is 23.3. The van der Waals surface area contributed by atoms with Crippen LogP contribution < -0.4 is 14.2 Å². The Hall–Kier alpha value is -4.02. The maximum absolute atomic E-state index is 12.4. The van der Waals surface area contributed by atoms with Gasteiger partial charge < -0.3 is 19.3 Å². The molecule has 1 atom stereocenters. The van der Waals surface area contributed by atoms with Gasteiger partial charge >= 0.3 is 0 Å². The molecule has 0 saturated heterocycles. The molecule has 4 heteroatoms. The fourth-order valence-electron chi connectivity index (χ4n) is 6.24. The summed E-state index contributed by atoms with van der Waals surface area (Å²) < 4.78 is 18.0. The van der Waals surface area contributed by atoms with Crippen LogP contribution in [-0.2, 0) is 11.2 Å². The van der Waals surface area contributed by atoms with Crippen molar-refractivity contribution < 1.29 is 19.3 Å². The third-order valence-corrected chi connectivity index (χ3v) is 8.38. The molecular formula is C35H34O4. The molecule has 198 valence electrons. The number of benzene rings is 4. The van der Waals surface area contributed by atoms with E-state index in [0.717, 1.165) is 67.3 Å². The van der Waals surface area contributed by atoms with Crippen LogP contribution in [0.25, 0.3) is 17.2 Å². The van der Waals surface area contributed by atoms with E-state index in [2.05, 4.69) is 64.1 Å². The summed E-state index contributed by atoms with van der Waals surface area (Å²) in [5.74, 6) is 2.32. The summed E-state index contributed by atoms with van der Waals surface area (Å²) in [4.78, 5) is 0. The number of aliphatic hydroxyl groups is 1. The topological polar surface area (TPSA) is 47.9 Å². The SMILES string of the molecule is COc1ccc(C2(c3ccc(OC)cc3)C=Cc3c(c(C)cc4c3C(O)(C(C)C)c3cc(C)ccc3-4)O2)cc1. The standard InChI is InChI=1S/C35H34O4/c1-21(2)35(36)31-19-22(3)7-16-28(31)30-20-23(4)33-29(32(30)35)17-18-34(39-33,24-8-12-26(37-5)13-9-24)25-10-14-27(38-6)15-11-25/h7-21,36H,1-6H3. The van der Waals surface area contributed by atoms with Crippen molar-refractivity contribution in [3.05, 3.63) is 118 Å². The van der Waals surface area contributed by atoms with Gasteiger partial charge in [0, 0.05) is 22.3 Å². The minimum absolute atomic E-state index is 0.0330. The lowest BCUT2D eigenvalue weighted by molar-refractivity contribution is 0.0354. The number of aryl methyl sites for hydroxylation is 2. The lowest BCUT2D eigenvalue weighted by Crippen LogP contribution is -2.36. The highest BCUT2D eigenvalue weighted by Gasteiger charge is 2.48. The third-order valence-electron chi connectivity index (χ3n) is 8.38. The molecule has 0 spiro atoms. The first kappa shape index (κ1) is 25.3. The molecule has 0 saturated carbocycles.